The van der Waals surface area contributed by atoms with Crippen LogP contribution in [0.25, 0.3) is 0 Å². The third kappa shape index (κ3) is 5.15. The molecule has 1 saturated heterocycles. The summed E-state index contributed by atoms with van der Waals surface area (Å²) in [6.07, 6.45) is 0.840. The molecule has 0 amide bonds. The molecule has 2 atom stereocenters. The van der Waals surface area contributed by atoms with Crippen LogP contribution in [-0.2, 0) is 16.4 Å². The Bertz CT molecular complexity index is 881. The van der Waals surface area contributed by atoms with Gasteiger partial charge < -0.3 is 5.32 Å². The van der Waals surface area contributed by atoms with Crippen molar-refractivity contribution in [2.45, 2.75) is 31.2 Å². The normalized spacial score (nSPS) is 20.1. The van der Waals surface area contributed by atoms with Crippen LogP contribution in [0.15, 0.2) is 47.4 Å². The molecule has 146 valence electrons. The van der Waals surface area contributed by atoms with Crippen LogP contribution in [0.1, 0.15) is 28.3 Å². The number of primary sulfonamides is 1. The Balaban J connectivity index is 1.50. The maximum atomic E-state index is 11.3. The maximum absolute atomic E-state index is 11.3. The van der Waals surface area contributed by atoms with Crippen LogP contribution in [0.5, 0.6) is 0 Å². The number of nitrogens with one attached hydrogen (secondary N) is 3. The minimum absolute atomic E-state index is 0.151. The lowest BCUT2D eigenvalue weighted by atomic mass is 9.92. The zero-order valence-corrected chi connectivity index (χ0v) is 16.6. The first kappa shape index (κ1) is 20.0. The van der Waals surface area contributed by atoms with Crippen LogP contribution in [0.3, 0.4) is 0 Å². The average molecular weight is 389 g/mol. The smallest absolute Gasteiger partial charge is 0.238 e. The molecule has 6 nitrogen and oxygen atoms in total. The van der Waals surface area contributed by atoms with Gasteiger partial charge in [-0.25, -0.2) is 19.0 Å². The fourth-order valence-electron chi connectivity index (χ4n) is 3.41. The van der Waals surface area contributed by atoms with Gasteiger partial charge in [0.2, 0.25) is 10.0 Å². The zero-order valence-electron chi connectivity index (χ0n) is 15.8. The van der Waals surface area contributed by atoms with E-state index in [2.05, 4.69) is 48.2 Å². The topological polar surface area (TPSA) is 96.2 Å². The molecule has 3 rings (SSSR count). The molecule has 1 fully saturated rings. The van der Waals surface area contributed by atoms with Crippen LogP contribution in [-0.4, -0.2) is 28.1 Å². The van der Waals surface area contributed by atoms with E-state index in [1.807, 2.05) is 12.1 Å². The van der Waals surface area contributed by atoms with Gasteiger partial charge in [0.1, 0.15) is 0 Å². The molecule has 7 heteroatoms. The van der Waals surface area contributed by atoms with E-state index in [4.69, 9.17) is 5.14 Å². The number of hydrogen-bond acceptors (Lipinski definition) is 5. The second kappa shape index (κ2) is 8.50. The summed E-state index contributed by atoms with van der Waals surface area (Å²) in [7, 11) is -3.62. The van der Waals surface area contributed by atoms with Gasteiger partial charge in [0.05, 0.1) is 10.9 Å². The van der Waals surface area contributed by atoms with Gasteiger partial charge in [0, 0.05) is 19.0 Å². The molecule has 0 aliphatic carbocycles. The van der Waals surface area contributed by atoms with Crippen molar-refractivity contribution >= 4 is 10.0 Å². The Labute approximate surface area is 161 Å². The van der Waals surface area contributed by atoms with Gasteiger partial charge in [-0.15, -0.1) is 0 Å². The molecule has 5 N–H and O–H groups in total. The van der Waals surface area contributed by atoms with E-state index >= 15 is 0 Å². The number of rotatable bonds is 7. The van der Waals surface area contributed by atoms with Gasteiger partial charge in [-0.2, -0.15) is 0 Å². The highest BCUT2D eigenvalue weighted by molar-refractivity contribution is 7.89. The van der Waals surface area contributed by atoms with Crippen LogP contribution >= 0.6 is 0 Å². The number of benzene rings is 2. The summed E-state index contributed by atoms with van der Waals surface area (Å²) in [5, 5.41) is 8.65. The minimum atomic E-state index is -3.62. The first-order chi connectivity index (χ1) is 12.8. The minimum Gasteiger partial charge on any atom is -0.316 e. The summed E-state index contributed by atoms with van der Waals surface area (Å²) in [5.41, 5.74) is 11.7. The standard InChI is InChI=1S/C20H28N4O2S/c1-14-3-6-17(11-15(14)2)20-18(13-23-24-20)12-22-10-9-16-4-7-19(8-5-16)27(21,25)26/h3-8,11,18,20,22-24H,9-10,12-13H2,1-2H3,(H2,21,25,26). The third-order valence-electron chi connectivity index (χ3n) is 5.23. The van der Waals surface area contributed by atoms with Gasteiger partial charge in [-0.1, -0.05) is 30.3 Å². The highest BCUT2D eigenvalue weighted by Gasteiger charge is 2.27. The molecule has 0 bridgehead atoms. The largest absolute Gasteiger partial charge is 0.316 e. The molecule has 1 aliphatic heterocycles. The predicted octanol–water partition coefficient (Wildman–Crippen LogP) is 1.55. The molecular weight excluding hydrogens is 360 g/mol. The second-order valence-electron chi connectivity index (χ2n) is 7.25. The summed E-state index contributed by atoms with van der Waals surface area (Å²) in [5.74, 6) is 0.469. The van der Waals surface area contributed by atoms with Gasteiger partial charge in [0.25, 0.3) is 0 Å². The van der Waals surface area contributed by atoms with Crippen molar-refractivity contribution in [3.8, 4) is 0 Å². The number of hydrogen-bond donors (Lipinski definition) is 4. The van der Waals surface area contributed by atoms with Crippen LogP contribution in [0, 0.1) is 19.8 Å². The molecule has 0 radical (unpaired) electrons. The van der Waals surface area contributed by atoms with Gasteiger partial charge >= 0.3 is 0 Å². The molecule has 27 heavy (non-hydrogen) atoms. The Morgan fingerprint density at radius 1 is 1.11 bits per heavy atom. The molecule has 1 aliphatic rings. The lowest BCUT2D eigenvalue weighted by molar-refractivity contribution is 0.443. The van der Waals surface area contributed by atoms with Crippen LogP contribution in [0.2, 0.25) is 0 Å². The van der Waals surface area contributed by atoms with Crippen molar-refractivity contribution in [3.63, 3.8) is 0 Å². The molecule has 2 unspecified atom stereocenters. The van der Waals surface area contributed by atoms with E-state index in [-0.39, 0.29) is 4.90 Å². The maximum Gasteiger partial charge on any atom is 0.238 e. The van der Waals surface area contributed by atoms with Crippen molar-refractivity contribution in [2.75, 3.05) is 19.6 Å². The predicted molar refractivity (Wildman–Crippen MR) is 108 cm³/mol. The summed E-state index contributed by atoms with van der Waals surface area (Å²) < 4.78 is 22.6. The van der Waals surface area contributed by atoms with Crippen molar-refractivity contribution in [3.05, 3.63) is 64.7 Å². The Hall–Kier alpha value is -1.77. The fourth-order valence-corrected chi connectivity index (χ4v) is 3.92. The number of aryl methyl sites for hydroxylation is 2. The van der Waals surface area contributed by atoms with Crippen molar-refractivity contribution in [1.29, 1.82) is 0 Å². The quantitative estimate of drug-likeness (QED) is 0.540. The van der Waals surface area contributed by atoms with E-state index < -0.39 is 10.0 Å². The second-order valence-corrected chi connectivity index (χ2v) is 8.81. The van der Waals surface area contributed by atoms with Gasteiger partial charge in [0.15, 0.2) is 0 Å². The van der Waals surface area contributed by atoms with E-state index in [1.54, 1.807) is 12.1 Å². The summed E-state index contributed by atoms with van der Waals surface area (Å²) >= 11 is 0. The van der Waals surface area contributed by atoms with Crippen LogP contribution in [0.4, 0.5) is 0 Å². The lowest BCUT2D eigenvalue weighted by Crippen LogP contribution is -2.30. The first-order valence-corrected chi connectivity index (χ1v) is 10.8. The molecule has 0 saturated carbocycles. The van der Waals surface area contributed by atoms with E-state index in [9.17, 15) is 8.42 Å². The van der Waals surface area contributed by atoms with Crippen LogP contribution < -0.4 is 21.3 Å². The van der Waals surface area contributed by atoms with E-state index in [0.29, 0.717) is 12.0 Å². The van der Waals surface area contributed by atoms with Crippen molar-refractivity contribution in [1.82, 2.24) is 16.2 Å². The molecule has 2 aromatic rings. The summed E-state index contributed by atoms with van der Waals surface area (Å²) in [6, 6.07) is 13.7. The SMILES string of the molecule is Cc1ccc(C2NNCC2CNCCc2ccc(S(N)(=O)=O)cc2)cc1C. The third-order valence-corrected chi connectivity index (χ3v) is 6.16. The monoisotopic (exact) mass is 388 g/mol. The number of hydrazine groups is 1. The Kier molecular flexibility index (Phi) is 6.29. The van der Waals surface area contributed by atoms with Crippen molar-refractivity contribution in [2.24, 2.45) is 11.1 Å². The van der Waals surface area contributed by atoms with Crippen molar-refractivity contribution < 1.29 is 8.42 Å². The molecule has 0 spiro atoms. The summed E-state index contributed by atoms with van der Waals surface area (Å²) in [4.78, 5) is 0.151. The number of nitrogens with two attached hydrogens (primary N) is 1. The highest BCUT2D eigenvalue weighted by atomic mass is 32.2. The highest BCUT2D eigenvalue weighted by Crippen LogP contribution is 2.26. The Morgan fingerprint density at radius 3 is 2.52 bits per heavy atom. The molecule has 2 aromatic carbocycles. The Morgan fingerprint density at radius 2 is 1.85 bits per heavy atom. The first-order valence-electron chi connectivity index (χ1n) is 9.22. The molecule has 0 aromatic heterocycles. The summed E-state index contributed by atoms with van der Waals surface area (Å²) in [6.45, 7) is 6.95. The average Bonchev–Trinajstić information content (AvgIpc) is 3.09. The lowest BCUT2D eigenvalue weighted by Gasteiger charge is -2.20. The van der Waals surface area contributed by atoms with E-state index in [1.165, 1.54) is 16.7 Å². The molecular formula is C20H28N4O2S. The zero-order chi connectivity index (χ0) is 19.4. The van der Waals surface area contributed by atoms with Gasteiger partial charge in [-0.3, -0.25) is 5.43 Å². The molecule has 1 heterocycles. The fraction of sp³-hybridized carbons (Fsp3) is 0.400. The van der Waals surface area contributed by atoms with E-state index in [0.717, 1.165) is 31.6 Å². The number of sulfonamides is 1. The van der Waals surface area contributed by atoms with Gasteiger partial charge in [-0.05, 0) is 61.2 Å².